The van der Waals surface area contributed by atoms with Gasteiger partial charge in [0.2, 0.25) is 5.91 Å². The van der Waals surface area contributed by atoms with Crippen LogP contribution in [0.2, 0.25) is 0 Å². The van der Waals surface area contributed by atoms with Crippen molar-refractivity contribution < 1.29 is 14.3 Å². The maximum atomic E-state index is 13.4. The second-order valence-electron chi connectivity index (χ2n) is 8.09. The van der Waals surface area contributed by atoms with E-state index in [1.54, 1.807) is 12.0 Å². The van der Waals surface area contributed by atoms with Crippen molar-refractivity contribution in [2.24, 2.45) is 0 Å². The number of likely N-dealkylation sites (tertiary alicyclic amines) is 1. The summed E-state index contributed by atoms with van der Waals surface area (Å²) in [5, 5.41) is 3.05. The van der Waals surface area contributed by atoms with E-state index in [4.69, 9.17) is 4.74 Å². The van der Waals surface area contributed by atoms with Gasteiger partial charge in [-0.15, -0.1) is 0 Å². The Bertz CT molecular complexity index is 1070. The topological polar surface area (TPSA) is 61.9 Å². The van der Waals surface area contributed by atoms with E-state index in [9.17, 15) is 9.59 Å². The Hall–Kier alpha value is -2.29. The van der Waals surface area contributed by atoms with Crippen LogP contribution >= 0.6 is 27.7 Å². The minimum Gasteiger partial charge on any atom is -0.496 e. The number of para-hydroxylation sites is 1. The molecule has 2 aromatic carbocycles. The Balaban J connectivity index is 1.52. The van der Waals surface area contributed by atoms with Gasteiger partial charge in [-0.3, -0.25) is 19.4 Å². The van der Waals surface area contributed by atoms with Gasteiger partial charge in [0, 0.05) is 17.5 Å². The molecule has 2 aliphatic heterocycles. The number of carbonyl (C=O) groups is 2. The van der Waals surface area contributed by atoms with Gasteiger partial charge in [0.15, 0.2) is 0 Å². The first-order chi connectivity index (χ1) is 16.0. The first-order valence-electron chi connectivity index (χ1n) is 11.1. The van der Waals surface area contributed by atoms with E-state index in [1.807, 2.05) is 48.5 Å². The van der Waals surface area contributed by atoms with Crippen LogP contribution in [-0.2, 0) is 9.59 Å². The Morgan fingerprint density at radius 3 is 2.88 bits per heavy atom. The van der Waals surface area contributed by atoms with Crippen LogP contribution in [0.4, 0.5) is 5.69 Å². The van der Waals surface area contributed by atoms with E-state index >= 15 is 0 Å². The number of ether oxygens (including phenoxy) is 1. The molecule has 33 heavy (non-hydrogen) atoms. The summed E-state index contributed by atoms with van der Waals surface area (Å²) in [4.78, 5) is 31.7. The fourth-order valence-electron chi connectivity index (χ4n) is 4.32. The highest BCUT2D eigenvalue weighted by Crippen LogP contribution is 2.42. The average molecular weight is 530 g/mol. The van der Waals surface area contributed by atoms with Crippen LogP contribution in [-0.4, -0.2) is 56.0 Å². The lowest BCUT2D eigenvalue weighted by molar-refractivity contribution is -0.122. The fourth-order valence-corrected chi connectivity index (χ4v) is 5.93. The zero-order chi connectivity index (χ0) is 23.4. The molecule has 2 aliphatic rings. The summed E-state index contributed by atoms with van der Waals surface area (Å²) in [6.07, 6.45) is 4.12. The molecule has 1 saturated heterocycles. The molecular formula is C25H28BrN3O3S. The first kappa shape index (κ1) is 23.9. The first-order valence-corrected chi connectivity index (χ1v) is 12.8. The largest absolute Gasteiger partial charge is 0.496 e. The Kier molecular flexibility index (Phi) is 7.78. The highest BCUT2D eigenvalue weighted by molar-refractivity contribution is 9.10. The molecule has 0 bridgehead atoms. The minimum absolute atomic E-state index is 0.00109. The number of thioether (sulfide) groups is 1. The van der Waals surface area contributed by atoms with Crippen LogP contribution in [0.5, 0.6) is 5.75 Å². The molecule has 0 radical (unpaired) electrons. The molecule has 2 aromatic rings. The molecule has 174 valence electrons. The summed E-state index contributed by atoms with van der Waals surface area (Å²) in [6.45, 7) is 4.84. The number of methoxy groups -OCH3 is 1. The van der Waals surface area contributed by atoms with E-state index in [2.05, 4.69) is 33.1 Å². The molecular weight excluding hydrogens is 502 g/mol. The molecule has 1 unspecified atom stereocenters. The van der Waals surface area contributed by atoms with E-state index in [-0.39, 0.29) is 18.4 Å². The standard InChI is InChI=1S/C25H28BrN3O3S/c1-3-28-12-6-7-18(28)15-27-24(30)16-29-20-8-4-5-9-22(20)33-23(25(29)31)14-17-10-11-21(32-2)19(26)13-17/h4-5,8-11,13-14,18H,3,6-7,12,15-16H2,1-2H3,(H,27,30)/b23-14+. The Labute approximate surface area is 207 Å². The number of halogens is 1. The summed E-state index contributed by atoms with van der Waals surface area (Å²) in [5.74, 6) is 0.420. The number of nitrogens with zero attached hydrogens (tertiary/aromatic N) is 2. The minimum atomic E-state index is -0.170. The molecule has 8 heteroatoms. The lowest BCUT2D eigenvalue weighted by Crippen LogP contribution is -2.46. The maximum Gasteiger partial charge on any atom is 0.265 e. The van der Waals surface area contributed by atoms with Gasteiger partial charge in [-0.1, -0.05) is 36.9 Å². The highest BCUT2D eigenvalue weighted by Gasteiger charge is 2.31. The average Bonchev–Trinajstić information content (AvgIpc) is 3.28. The van der Waals surface area contributed by atoms with E-state index in [0.717, 1.165) is 45.9 Å². The van der Waals surface area contributed by atoms with E-state index in [1.165, 1.54) is 18.2 Å². The second-order valence-corrected chi connectivity index (χ2v) is 10.0. The highest BCUT2D eigenvalue weighted by atomic mass is 79.9. The number of likely N-dealkylation sites (N-methyl/N-ethyl adjacent to an activating group) is 1. The molecule has 2 amide bonds. The number of nitrogens with one attached hydrogen (secondary N) is 1. The van der Waals surface area contributed by atoms with Gasteiger partial charge < -0.3 is 10.1 Å². The second kappa shape index (κ2) is 10.8. The normalized spacial score (nSPS) is 19.6. The van der Waals surface area contributed by atoms with Gasteiger partial charge in [-0.2, -0.15) is 0 Å². The van der Waals surface area contributed by atoms with Crippen LogP contribution in [0.15, 0.2) is 56.7 Å². The summed E-state index contributed by atoms with van der Waals surface area (Å²) >= 11 is 4.93. The molecule has 1 N–H and O–H groups in total. The molecule has 0 aromatic heterocycles. The van der Waals surface area contributed by atoms with Crippen molar-refractivity contribution in [3.63, 3.8) is 0 Å². The number of amides is 2. The van der Waals surface area contributed by atoms with Gasteiger partial charge in [0.05, 0.1) is 22.2 Å². The Morgan fingerprint density at radius 2 is 2.12 bits per heavy atom. The molecule has 0 aliphatic carbocycles. The van der Waals surface area contributed by atoms with Gasteiger partial charge in [0.1, 0.15) is 12.3 Å². The predicted molar refractivity (Wildman–Crippen MR) is 137 cm³/mol. The van der Waals surface area contributed by atoms with Gasteiger partial charge in [-0.25, -0.2) is 0 Å². The smallest absolute Gasteiger partial charge is 0.265 e. The summed E-state index contributed by atoms with van der Waals surface area (Å²) < 4.78 is 6.11. The molecule has 1 fully saturated rings. The van der Waals surface area contributed by atoms with Crippen molar-refractivity contribution in [1.82, 2.24) is 10.2 Å². The van der Waals surface area contributed by atoms with Crippen LogP contribution < -0.4 is 15.0 Å². The number of benzene rings is 2. The molecule has 1 atom stereocenters. The zero-order valence-corrected chi connectivity index (χ0v) is 21.2. The van der Waals surface area contributed by atoms with Crippen molar-refractivity contribution in [3.8, 4) is 5.75 Å². The van der Waals surface area contributed by atoms with Crippen molar-refractivity contribution >= 4 is 51.3 Å². The number of fused-ring (bicyclic) bond motifs is 1. The number of anilines is 1. The van der Waals surface area contributed by atoms with Gasteiger partial charge >= 0.3 is 0 Å². The van der Waals surface area contributed by atoms with Gasteiger partial charge in [-0.05, 0) is 77.8 Å². The van der Waals surface area contributed by atoms with E-state index in [0.29, 0.717) is 17.5 Å². The SMILES string of the molecule is CCN1CCCC1CNC(=O)CN1C(=O)/C(=C\c2ccc(OC)c(Br)c2)Sc2ccccc21. The van der Waals surface area contributed by atoms with Crippen LogP contribution in [0.3, 0.4) is 0 Å². The monoisotopic (exact) mass is 529 g/mol. The summed E-state index contributed by atoms with van der Waals surface area (Å²) in [5.41, 5.74) is 1.65. The molecule has 0 saturated carbocycles. The molecule has 0 spiro atoms. The number of rotatable bonds is 7. The third kappa shape index (κ3) is 5.45. The number of hydrogen-bond donors (Lipinski definition) is 1. The van der Waals surface area contributed by atoms with Gasteiger partial charge in [0.25, 0.3) is 5.91 Å². The lowest BCUT2D eigenvalue weighted by atomic mass is 10.2. The maximum absolute atomic E-state index is 13.4. The van der Waals surface area contributed by atoms with Crippen molar-refractivity contribution in [2.75, 3.05) is 38.2 Å². The molecule has 2 heterocycles. The van der Waals surface area contributed by atoms with Crippen LogP contribution in [0.25, 0.3) is 6.08 Å². The lowest BCUT2D eigenvalue weighted by Gasteiger charge is -2.30. The third-order valence-electron chi connectivity index (χ3n) is 6.05. The third-order valence-corrected chi connectivity index (χ3v) is 7.74. The van der Waals surface area contributed by atoms with Crippen LogP contribution in [0, 0.1) is 0 Å². The quantitative estimate of drug-likeness (QED) is 0.533. The molecule has 4 rings (SSSR count). The zero-order valence-electron chi connectivity index (χ0n) is 18.8. The summed E-state index contributed by atoms with van der Waals surface area (Å²) in [6, 6.07) is 13.8. The van der Waals surface area contributed by atoms with Crippen molar-refractivity contribution in [2.45, 2.75) is 30.7 Å². The van der Waals surface area contributed by atoms with Crippen molar-refractivity contribution in [1.29, 1.82) is 0 Å². The Morgan fingerprint density at radius 1 is 1.30 bits per heavy atom. The van der Waals surface area contributed by atoms with E-state index < -0.39 is 0 Å². The van der Waals surface area contributed by atoms with Crippen LogP contribution in [0.1, 0.15) is 25.3 Å². The summed E-state index contributed by atoms with van der Waals surface area (Å²) in [7, 11) is 1.62. The predicted octanol–water partition coefficient (Wildman–Crippen LogP) is 4.54. The molecule has 6 nitrogen and oxygen atoms in total. The number of hydrogen-bond acceptors (Lipinski definition) is 5. The fraction of sp³-hybridized carbons (Fsp3) is 0.360. The number of carbonyl (C=O) groups excluding carboxylic acids is 2. The van der Waals surface area contributed by atoms with Crippen molar-refractivity contribution in [3.05, 3.63) is 57.4 Å².